The Morgan fingerprint density at radius 1 is 0.852 bits per heavy atom. The van der Waals surface area contributed by atoms with E-state index >= 15 is 0 Å². The lowest BCUT2D eigenvalue weighted by Crippen LogP contribution is -2.32. The third-order valence-corrected chi connectivity index (χ3v) is 3.69. The third-order valence-electron chi connectivity index (χ3n) is 3.69. The molecule has 0 saturated carbocycles. The van der Waals surface area contributed by atoms with Crippen LogP contribution >= 0.6 is 0 Å². The first-order chi connectivity index (χ1) is 12.8. The van der Waals surface area contributed by atoms with E-state index in [0.29, 0.717) is 19.5 Å². The Morgan fingerprint density at radius 3 is 1.96 bits per heavy atom. The van der Waals surface area contributed by atoms with Crippen molar-refractivity contribution in [3.8, 4) is 0 Å². The van der Waals surface area contributed by atoms with Gasteiger partial charge in [-0.2, -0.15) is 0 Å². The van der Waals surface area contributed by atoms with E-state index < -0.39 is 11.7 Å². The summed E-state index contributed by atoms with van der Waals surface area (Å²) in [6.07, 6.45) is 1.82. The van der Waals surface area contributed by atoms with Crippen LogP contribution in [0, 0.1) is 6.42 Å². The Bertz CT molecular complexity index is 734. The number of hydrogen-bond donors (Lipinski definition) is 2. The van der Waals surface area contributed by atoms with E-state index in [2.05, 4.69) is 10.6 Å². The van der Waals surface area contributed by atoms with Gasteiger partial charge in [-0.05, 0) is 43.9 Å². The Balaban J connectivity index is 1.70. The highest BCUT2D eigenvalue weighted by Gasteiger charge is 2.15. The number of ether oxygens (including phenoxy) is 1. The van der Waals surface area contributed by atoms with Crippen molar-refractivity contribution in [2.24, 2.45) is 0 Å². The van der Waals surface area contributed by atoms with Gasteiger partial charge in [0.25, 0.3) is 0 Å². The van der Waals surface area contributed by atoms with Gasteiger partial charge in [0.1, 0.15) is 5.60 Å². The maximum atomic E-state index is 11.9. The highest BCUT2D eigenvalue weighted by molar-refractivity contribution is 5.84. The molecular weight excluding hydrogens is 340 g/mol. The minimum Gasteiger partial charge on any atom is -0.444 e. The third kappa shape index (κ3) is 8.40. The molecule has 0 aliphatic rings. The molecule has 5 nitrogen and oxygen atoms in total. The number of hydrogen-bond acceptors (Lipinski definition) is 3. The standard InChI is InChI=1S/C22H27N2O3/c1-22(2,3)27-21(26)24-16-19-11-9-18(10-12-19)15-23-20(25)14-13-17-7-5-4-6-8-17/h4-12,14H,13,15-16H2,1-3H3,(H,23,25)(H,24,26). The predicted octanol–water partition coefficient (Wildman–Crippen LogP) is 3.77. The second-order valence-corrected chi connectivity index (χ2v) is 7.28. The first-order valence-corrected chi connectivity index (χ1v) is 9.01. The largest absolute Gasteiger partial charge is 0.444 e. The quantitative estimate of drug-likeness (QED) is 0.783. The zero-order valence-electron chi connectivity index (χ0n) is 16.1. The number of carbonyl (C=O) groups is 2. The molecule has 2 amide bonds. The van der Waals surface area contributed by atoms with Gasteiger partial charge >= 0.3 is 6.09 Å². The van der Waals surface area contributed by atoms with Crippen LogP contribution in [-0.4, -0.2) is 17.6 Å². The van der Waals surface area contributed by atoms with Crippen LogP contribution in [0.15, 0.2) is 54.6 Å². The fourth-order valence-corrected chi connectivity index (χ4v) is 2.35. The number of alkyl carbamates (subject to hydrolysis) is 1. The fraction of sp³-hybridized carbons (Fsp3) is 0.318. The average molecular weight is 367 g/mol. The van der Waals surface area contributed by atoms with Crippen molar-refractivity contribution in [3.05, 3.63) is 77.7 Å². The lowest BCUT2D eigenvalue weighted by atomic mass is 10.1. The molecule has 1 radical (unpaired) electrons. The molecule has 0 bridgehead atoms. The molecule has 0 aromatic heterocycles. The molecule has 0 atom stereocenters. The molecule has 0 spiro atoms. The molecule has 0 unspecified atom stereocenters. The van der Waals surface area contributed by atoms with Gasteiger partial charge in [0.15, 0.2) is 0 Å². The van der Waals surface area contributed by atoms with Crippen LogP contribution < -0.4 is 10.6 Å². The topological polar surface area (TPSA) is 67.4 Å². The highest BCUT2D eigenvalue weighted by atomic mass is 16.6. The molecule has 143 valence electrons. The highest BCUT2D eigenvalue weighted by Crippen LogP contribution is 2.08. The van der Waals surface area contributed by atoms with Gasteiger partial charge < -0.3 is 15.4 Å². The van der Waals surface area contributed by atoms with E-state index in [1.807, 2.05) is 75.4 Å². The molecule has 2 rings (SSSR count). The smallest absolute Gasteiger partial charge is 0.407 e. The lowest BCUT2D eigenvalue weighted by Gasteiger charge is -2.19. The lowest BCUT2D eigenvalue weighted by molar-refractivity contribution is -0.118. The molecule has 0 aliphatic carbocycles. The first kappa shape index (κ1) is 20.5. The van der Waals surface area contributed by atoms with Gasteiger partial charge in [-0.1, -0.05) is 54.6 Å². The van der Waals surface area contributed by atoms with E-state index in [1.165, 1.54) is 0 Å². The average Bonchev–Trinajstić information content (AvgIpc) is 2.63. The number of nitrogens with one attached hydrogen (secondary N) is 2. The van der Waals surface area contributed by atoms with Crippen molar-refractivity contribution in [1.82, 2.24) is 10.6 Å². The monoisotopic (exact) mass is 367 g/mol. The van der Waals surface area contributed by atoms with Crippen LogP contribution in [0.5, 0.6) is 0 Å². The maximum Gasteiger partial charge on any atom is 0.407 e. The minimum atomic E-state index is -0.510. The zero-order chi connectivity index (χ0) is 19.7. The fourth-order valence-electron chi connectivity index (χ4n) is 2.35. The summed E-state index contributed by atoms with van der Waals surface area (Å²) in [5, 5.41) is 5.60. The molecule has 0 saturated heterocycles. The van der Waals surface area contributed by atoms with Gasteiger partial charge in [-0.15, -0.1) is 0 Å². The summed E-state index contributed by atoms with van der Waals surface area (Å²) < 4.78 is 5.20. The van der Waals surface area contributed by atoms with E-state index in [4.69, 9.17) is 4.74 Å². The molecule has 2 N–H and O–H groups in total. The van der Waals surface area contributed by atoms with Crippen LogP contribution in [-0.2, 0) is 29.0 Å². The SMILES string of the molecule is CC(C)(C)OC(=O)NCc1ccc(CNC(=O)[CH]Cc2ccccc2)cc1. The second kappa shape index (κ2) is 9.76. The molecule has 2 aromatic rings. The Hall–Kier alpha value is -2.82. The second-order valence-electron chi connectivity index (χ2n) is 7.28. The first-order valence-electron chi connectivity index (χ1n) is 9.01. The Kier molecular flexibility index (Phi) is 7.41. The van der Waals surface area contributed by atoms with E-state index in [9.17, 15) is 9.59 Å². The zero-order valence-corrected chi connectivity index (χ0v) is 16.1. The van der Waals surface area contributed by atoms with Gasteiger partial charge in [0.05, 0.1) is 6.42 Å². The van der Waals surface area contributed by atoms with Gasteiger partial charge in [-0.3, -0.25) is 4.79 Å². The van der Waals surface area contributed by atoms with Crippen molar-refractivity contribution in [1.29, 1.82) is 0 Å². The maximum absolute atomic E-state index is 11.9. The van der Waals surface area contributed by atoms with Crippen molar-refractivity contribution in [2.45, 2.75) is 45.9 Å². The molecule has 27 heavy (non-hydrogen) atoms. The molecular formula is C22H27N2O3. The van der Waals surface area contributed by atoms with Crippen LogP contribution in [0.2, 0.25) is 0 Å². The number of rotatable bonds is 7. The number of carbonyl (C=O) groups excluding carboxylic acids is 2. The molecule has 5 heteroatoms. The summed E-state index contributed by atoms with van der Waals surface area (Å²) in [5.74, 6) is -0.0884. The molecule has 0 heterocycles. The summed E-state index contributed by atoms with van der Waals surface area (Å²) >= 11 is 0. The summed E-state index contributed by atoms with van der Waals surface area (Å²) in [6.45, 7) is 6.34. The van der Waals surface area contributed by atoms with Crippen molar-refractivity contribution < 1.29 is 14.3 Å². The van der Waals surface area contributed by atoms with E-state index in [0.717, 1.165) is 16.7 Å². The summed E-state index contributed by atoms with van der Waals surface area (Å²) in [7, 11) is 0. The Morgan fingerprint density at radius 2 is 1.41 bits per heavy atom. The van der Waals surface area contributed by atoms with Gasteiger partial charge in [-0.25, -0.2) is 4.79 Å². The van der Waals surface area contributed by atoms with E-state index in [1.54, 1.807) is 6.42 Å². The van der Waals surface area contributed by atoms with Crippen LogP contribution in [0.3, 0.4) is 0 Å². The van der Waals surface area contributed by atoms with E-state index in [-0.39, 0.29) is 5.91 Å². The minimum absolute atomic E-state index is 0.0884. The number of amides is 2. The van der Waals surface area contributed by atoms with Crippen molar-refractivity contribution in [3.63, 3.8) is 0 Å². The number of benzene rings is 2. The molecule has 0 fully saturated rings. The predicted molar refractivity (Wildman–Crippen MR) is 106 cm³/mol. The van der Waals surface area contributed by atoms with Crippen LogP contribution in [0.25, 0.3) is 0 Å². The van der Waals surface area contributed by atoms with Crippen molar-refractivity contribution in [2.75, 3.05) is 0 Å². The van der Waals surface area contributed by atoms with Crippen LogP contribution in [0.4, 0.5) is 4.79 Å². The van der Waals surface area contributed by atoms with Gasteiger partial charge in [0, 0.05) is 13.1 Å². The Labute approximate surface area is 161 Å². The van der Waals surface area contributed by atoms with Gasteiger partial charge in [0.2, 0.25) is 5.91 Å². The summed E-state index contributed by atoms with van der Waals surface area (Å²) in [4.78, 5) is 23.6. The summed E-state index contributed by atoms with van der Waals surface area (Å²) in [5.41, 5.74) is 2.56. The van der Waals surface area contributed by atoms with Crippen LogP contribution in [0.1, 0.15) is 37.5 Å². The molecule has 0 aliphatic heterocycles. The summed E-state index contributed by atoms with van der Waals surface area (Å²) in [6, 6.07) is 17.6. The van der Waals surface area contributed by atoms with Crippen molar-refractivity contribution >= 4 is 12.0 Å². The molecule has 2 aromatic carbocycles. The normalized spacial score (nSPS) is 10.9.